The van der Waals surface area contributed by atoms with Crippen LogP contribution < -0.4 is 20.1 Å². The Morgan fingerprint density at radius 1 is 1.00 bits per heavy atom. The number of nitrogens with one attached hydrogen (secondary N) is 2. The fourth-order valence-electron chi connectivity index (χ4n) is 2.49. The highest BCUT2D eigenvalue weighted by Crippen LogP contribution is 2.21. The Balaban J connectivity index is 1.43. The van der Waals surface area contributed by atoms with Crippen LogP contribution in [0.2, 0.25) is 0 Å². The van der Waals surface area contributed by atoms with Gasteiger partial charge in [-0.25, -0.2) is 9.18 Å². The molecule has 0 spiro atoms. The first-order valence-corrected chi connectivity index (χ1v) is 9.15. The van der Waals surface area contributed by atoms with Crippen molar-refractivity contribution < 1.29 is 18.7 Å². The lowest BCUT2D eigenvalue weighted by Gasteiger charge is -2.09. The van der Waals surface area contributed by atoms with Crippen LogP contribution >= 0.6 is 0 Å². The topological polar surface area (TPSA) is 85.4 Å². The van der Waals surface area contributed by atoms with Crippen molar-refractivity contribution in [3.05, 3.63) is 66.5 Å². The Labute approximate surface area is 167 Å². The van der Waals surface area contributed by atoms with E-state index in [0.717, 1.165) is 11.3 Å². The number of amides is 2. The number of carbonyl (C=O) groups excluding carboxylic acids is 1. The molecule has 7 nitrogen and oxygen atoms in total. The van der Waals surface area contributed by atoms with Crippen molar-refractivity contribution in [3.8, 4) is 22.9 Å². The third-order valence-corrected chi connectivity index (χ3v) is 3.86. The van der Waals surface area contributed by atoms with Gasteiger partial charge in [-0.2, -0.15) is 0 Å². The average molecular weight is 396 g/mol. The van der Waals surface area contributed by atoms with Crippen LogP contribution in [0.4, 0.5) is 14.9 Å². The van der Waals surface area contributed by atoms with Gasteiger partial charge in [-0.05, 0) is 49.4 Å². The number of anilines is 1. The van der Waals surface area contributed by atoms with Crippen LogP contribution in [0.5, 0.6) is 11.6 Å². The number of para-hydroxylation sites is 1. The van der Waals surface area contributed by atoms with Crippen LogP contribution in [0.3, 0.4) is 0 Å². The number of halogens is 1. The third kappa shape index (κ3) is 5.90. The van der Waals surface area contributed by atoms with Crippen molar-refractivity contribution in [2.45, 2.75) is 6.92 Å². The highest BCUT2D eigenvalue weighted by Gasteiger charge is 2.06. The van der Waals surface area contributed by atoms with Crippen LogP contribution in [-0.4, -0.2) is 36.0 Å². The normalized spacial score (nSPS) is 10.3. The van der Waals surface area contributed by atoms with E-state index in [1.165, 1.54) is 12.1 Å². The van der Waals surface area contributed by atoms with E-state index in [1.807, 2.05) is 31.2 Å². The molecule has 0 fully saturated rings. The lowest BCUT2D eigenvalue weighted by atomic mass is 10.1. The van der Waals surface area contributed by atoms with Gasteiger partial charge >= 0.3 is 6.03 Å². The molecule has 0 aliphatic carbocycles. The number of benzene rings is 2. The molecule has 8 heteroatoms. The SMILES string of the molecule is CCOc1ccc(-c2ccc(OCCNC(=O)Nc3ccccc3F)nn2)cc1. The molecule has 1 heterocycles. The van der Waals surface area contributed by atoms with Crippen molar-refractivity contribution >= 4 is 11.7 Å². The summed E-state index contributed by atoms with van der Waals surface area (Å²) in [6, 6.07) is 16.5. The predicted molar refractivity (Wildman–Crippen MR) is 108 cm³/mol. The molecule has 2 aromatic carbocycles. The minimum atomic E-state index is -0.518. The Morgan fingerprint density at radius 3 is 2.48 bits per heavy atom. The Morgan fingerprint density at radius 2 is 1.79 bits per heavy atom. The molecule has 0 radical (unpaired) electrons. The zero-order chi connectivity index (χ0) is 20.5. The van der Waals surface area contributed by atoms with Crippen LogP contribution in [-0.2, 0) is 0 Å². The third-order valence-electron chi connectivity index (χ3n) is 3.86. The summed E-state index contributed by atoms with van der Waals surface area (Å²) in [5.41, 5.74) is 1.74. The van der Waals surface area contributed by atoms with E-state index in [1.54, 1.807) is 24.3 Å². The van der Waals surface area contributed by atoms with Gasteiger partial charge < -0.3 is 20.1 Å². The summed E-state index contributed by atoms with van der Waals surface area (Å²) in [5, 5.41) is 13.2. The highest BCUT2D eigenvalue weighted by molar-refractivity contribution is 5.89. The number of hydrogen-bond acceptors (Lipinski definition) is 5. The first-order chi connectivity index (χ1) is 14.2. The molecule has 1 aromatic heterocycles. The molecule has 0 unspecified atom stereocenters. The quantitative estimate of drug-likeness (QED) is 0.565. The van der Waals surface area contributed by atoms with Crippen LogP contribution in [0.25, 0.3) is 11.3 Å². The zero-order valence-electron chi connectivity index (χ0n) is 15.9. The Kier molecular flexibility index (Phi) is 6.94. The molecule has 0 saturated carbocycles. The minimum absolute atomic E-state index is 0.113. The Hall–Kier alpha value is -3.68. The molecule has 0 atom stereocenters. The maximum absolute atomic E-state index is 13.5. The van der Waals surface area contributed by atoms with E-state index >= 15 is 0 Å². The number of nitrogens with zero attached hydrogens (tertiary/aromatic N) is 2. The first kappa shape index (κ1) is 20.1. The molecular weight excluding hydrogens is 375 g/mol. The predicted octanol–water partition coefficient (Wildman–Crippen LogP) is 3.88. The second-order valence-corrected chi connectivity index (χ2v) is 5.92. The molecule has 3 rings (SSSR count). The number of rotatable bonds is 8. The summed E-state index contributed by atoms with van der Waals surface area (Å²) in [5.74, 6) is 0.647. The van der Waals surface area contributed by atoms with Crippen LogP contribution in [0.15, 0.2) is 60.7 Å². The van der Waals surface area contributed by atoms with E-state index in [-0.39, 0.29) is 18.8 Å². The van der Waals surface area contributed by atoms with Crippen molar-refractivity contribution in [2.75, 3.05) is 25.1 Å². The molecular formula is C21H21FN4O3. The molecule has 0 aliphatic heterocycles. The lowest BCUT2D eigenvalue weighted by molar-refractivity contribution is 0.246. The molecule has 2 N–H and O–H groups in total. The maximum Gasteiger partial charge on any atom is 0.319 e. The fourth-order valence-corrected chi connectivity index (χ4v) is 2.49. The molecule has 3 aromatic rings. The van der Waals surface area contributed by atoms with E-state index in [4.69, 9.17) is 9.47 Å². The van der Waals surface area contributed by atoms with Gasteiger partial charge in [0.05, 0.1) is 24.5 Å². The smallest absolute Gasteiger partial charge is 0.319 e. The monoisotopic (exact) mass is 396 g/mol. The van der Waals surface area contributed by atoms with Gasteiger partial charge in [0.15, 0.2) is 0 Å². The van der Waals surface area contributed by atoms with Crippen molar-refractivity contribution in [3.63, 3.8) is 0 Å². The van der Waals surface area contributed by atoms with Gasteiger partial charge in [-0.15, -0.1) is 10.2 Å². The van der Waals surface area contributed by atoms with E-state index < -0.39 is 11.8 Å². The van der Waals surface area contributed by atoms with Crippen LogP contribution in [0, 0.1) is 5.82 Å². The number of carbonyl (C=O) groups is 1. The standard InChI is InChI=1S/C21H21FN4O3/c1-2-28-16-9-7-15(8-10-16)18-11-12-20(26-25-18)29-14-13-23-21(27)24-19-6-4-3-5-17(19)22/h3-12H,2,13-14H2,1H3,(H2,23,24,27). The van der Waals surface area contributed by atoms with Crippen LogP contribution in [0.1, 0.15) is 6.92 Å². The summed E-state index contributed by atoms with van der Waals surface area (Å²) in [6.07, 6.45) is 0. The summed E-state index contributed by atoms with van der Waals surface area (Å²) >= 11 is 0. The van der Waals surface area contributed by atoms with Gasteiger partial charge in [0.2, 0.25) is 5.88 Å². The molecule has 0 saturated heterocycles. The minimum Gasteiger partial charge on any atom is -0.494 e. The first-order valence-electron chi connectivity index (χ1n) is 9.15. The summed E-state index contributed by atoms with van der Waals surface area (Å²) in [7, 11) is 0. The van der Waals surface area contributed by atoms with Gasteiger partial charge in [0.25, 0.3) is 0 Å². The molecule has 29 heavy (non-hydrogen) atoms. The second kappa shape index (κ2) is 10.0. The van der Waals surface area contributed by atoms with E-state index in [9.17, 15) is 9.18 Å². The van der Waals surface area contributed by atoms with Crippen molar-refractivity contribution in [1.82, 2.24) is 15.5 Å². The number of ether oxygens (including phenoxy) is 2. The average Bonchev–Trinajstić information content (AvgIpc) is 2.74. The van der Waals surface area contributed by atoms with Crippen molar-refractivity contribution in [2.24, 2.45) is 0 Å². The Bertz CT molecular complexity index is 933. The largest absolute Gasteiger partial charge is 0.494 e. The zero-order valence-corrected chi connectivity index (χ0v) is 15.9. The second-order valence-electron chi connectivity index (χ2n) is 5.92. The maximum atomic E-state index is 13.5. The molecule has 2 amide bonds. The van der Waals surface area contributed by atoms with Gasteiger partial charge in [-0.1, -0.05) is 12.1 Å². The highest BCUT2D eigenvalue weighted by atomic mass is 19.1. The molecule has 0 aliphatic rings. The van der Waals surface area contributed by atoms with Gasteiger partial charge in [0.1, 0.15) is 18.2 Å². The van der Waals surface area contributed by atoms with E-state index in [2.05, 4.69) is 20.8 Å². The number of hydrogen-bond donors (Lipinski definition) is 2. The van der Waals surface area contributed by atoms with Crippen molar-refractivity contribution in [1.29, 1.82) is 0 Å². The molecule has 150 valence electrons. The van der Waals surface area contributed by atoms with Gasteiger partial charge in [0, 0.05) is 11.6 Å². The molecule has 0 bridgehead atoms. The number of aromatic nitrogens is 2. The van der Waals surface area contributed by atoms with E-state index in [0.29, 0.717) is 18.2 Å². The number of urea groups is 1. The lowest BCUT2D eigenvalue weighted by Crippen LogP contribution is -2.32. The van der Waals surface area contributed by atoms with Gasteiger partial charge in [-0.3, -0.25) is 0 Å². The summed E-state index contributed by atoms with van der Waals surface area (Å²) in [4.78, 5) is 11.8. The summed E-state index contributed by atoms with van der Waals surface area (Å²) < 4.78 is 24.4. The fraction of sp³-hybridized carbons (Fsp3) is 0.190. The summed E-state index contributed by atoms with van der Waals surface area (Å²) in [6.45, 7) is 2.97.